The van der Waals surface area contributed by atoms with Crippen LogP contribution in [0.1, 0.15) is 5.01 Å². The molecule has 0 spiro atoms. The van der Waals surface area contributed by atoms with Gasteiger partial charge in [-0.2, -0.15) is 0 Å². The third kappa shape index (κ3) is 4.69. The molecule has 1 aromatic heterocycles. The summed E-state index contributed by atoms with van der Waals surface area (Å²) in [4.78, 5) is 22.7. The van der Waals surface area contributed by atoms with Crippen molar-refractivity contribution in [1.82, 2.24) is 4.98 Å². The number of benzene rings is 3. The molecular formula is C25H18BrFN4O2S2. The SMILES string of the molecule is COc1ccccc1N=C1S[C@@H](C(=O)Nc2ccc(Br)cc2F)C(N)=C1c1nc2ccccc2s1. The van der Waals surface area contributed by atoms with E-state index in [1.165, 1.54) is 35.2 Å². The Morgan fingerprint density at radius 2 is 1.94 bits per heavy atom. The summed E-state index contributed by atoms with van der Waals surface area (Å²) in [6.45, 7) is 0. The molecular weight excluding hydrogens is 551 g/mol. The minimum Gasteiger partial charge on any atom is -0.494 e. The average molecular weight is 569 g/mol. The van der Waals surface area contributed by atoms with E-state index in [0.29, 0.717) is 37.2 Å². The first-order valence-electron chi connectivity index (χ1n) is 10.4. The van der Waals surface area contributed by atoms with Gasteiger partial charge in [-0.1, -0.05) is 52.0 Å². The van der Waals surface area contributed by atoms with Crippen LogP contribution in [0.5, 0.6) is 5.75 Å². The molecule has 0 bridgehead atoms. The predicted octanol–water partition coefficient (Wildman–Crippen LogP) is 6.36. The molecule has 1 amide bonds. The van der Waals surface area contributed by atoms with Gasteiger partial charge in [-0.15, -0.1) is 11.3 Å². The summed E-state index contributed by atoms with van der Waals surface area (Å²) in [7, 11) is 1.57. The number of carbonyl (C=O) groups is 1. The fraction of sp³-hybridized carbons (Fsp3) is 0.0800. The molecule has 3 N–H and O–H groups in total. The number of nitrogens with two attached hydrogens (primary N) is 1. The third-order valence-corrected chi connectivity index (χ3v) is 8.03. The number of para-hydroxylation sites is 3. The van der Waals surface area contributed by atoms with E-state index >= 15 is 0 Å². The number of carbonyl (C=O) groups excluding carboxylic acids is 1. The molecule has 6 nitrogen and oxygen atoms in total. The van der Waals surface area contributed by atoms with Crippen molar-refractivity contribution < 1.29 is 13.9 Å². The van der Waals surface area contributed by atoms with Gasteiger partial charge in [0.15, 0.2) is 0 Å². The summed E-state index contributed by atoms with van der Waals surface area (Å²) in [5.74, 6) is -0.405. The second-order valence-electron chi connectivity index (χ2n) is 7.52. The number of rotatable bonds is 5. The van der Waals surface area contributed by atoms with Gasteiger partial charge in [0.2, 0.25) is 5.91 Å². The standard InChI is InChI=1S/C25H18BrFN4O2S2/c1-33-18-8-4-2-6-16(18)30-25-20(24-31-17-7-3-5-9-19(17)34-24)21(28)22(35-25)23(32)29-15-11-10-13(26)12-14(15)27/h2-12,22H,28H2,1H3,(H,29,32)/t22-/m1/s1. The zero-order chi connectivity index (χ0) is 24.5. The summed E-state index contributed by atoms with van der Waals surface area (Å²) < 4.78 is 21.4. The number of amides is 1. The van der Waals surface area contributed by atoms with Crippen molar-refractivity contribution in [3.8, 4) is 5.75 Å². The maximum absolute atomic E-state index is 14.4. The van der Waals surface area contributed by atoms with Gasteiger partial charge < -0.3 is 15.8 Å². The van der Waals surface area contributed by atoms with Gasteiger partial charge in [-0.25, -0.2) is 14.4 Å². The van der Waals surface area contributed by atoms with Crippen molar-refractivity contribution in [2.24, 2.45) is 10.7 Å². The van der Waals surface area contributed by atoms with Crippen LogP contribution in [0, 0.1) is 5.82 Å². The monoisotopic (exact) mass is 568 g/mol. The van der Waals surface area contributed by atoms with E-state index in [1.54, 1.807) is 13.2 Å². The average Bonchev–Trinajstić information content (AvgIpc) is 3.41. The lowest BCUT2D eigenvalue weighted by molar-refractivity contribution is -0.115. The second kappa shape index (κ2) is 9.80. The van der Waals surface area contributed by atoms with Crippen LogP contribution in [0.25, 0.3) is 15.8 Å². The summed E-state index contributed by atoms with van der Waals surface area (Å²) in [6.07, 6.45) is 0. The lowest BCUT2D eigenvalue weighted by Crippen LogP contribution is -2.28. The number of ether oxygens (including phenoxy) is 1. The minimum absolute atomic E-state index is 0.0725. The largest absolute Gasteiger partial charge is 0.494 e. The van der Waals surface area contributed by atoms with Crippen LogP contribution in [0.3, 0.4) is 0 Å². The number of thiazole rings is 1. The molecule has 35 heavy (non-hydrogen) atoms. The molecule has 0 aliphatic carbocycles. The number of hydrogen-bond donors (Lipinski definition) is 2. The summed E-state index contributed by atoms with van der Waals surface area (Å²) in [5.41, 5.74) is 8.98. The van der Waals surface area contributed by atoms with E-state index in [2.05, 4.69) is 21.2 Å². The molecule has 1 aliphatic heterocycles. The normalized spacial score (nSPS) is 16.8. The van der Waals surface area contributed by atoms with Gasteiger partial charge in [-0.3, -0.25) is 4.79 Å². The first-order valence-corrected chi connectivity index (χ1v) is 12.9. The first-order chi connectivity index (χ1) is 16.9. The molecule has 0 radical (unpaired) electrons. The summed E-state index contributed by atoms with van der Waals surface area (Å²) >= 11 is 5.89. The fourth-order valence-electron chi connectivity index (χ4n) is 3.58. The van der Waals surface area contributed by atoms with E-state index in [-0.39, 0.29) is 5.69 Å². The van der Waals surface area contributed by atoms with Crippen LogP contribution in [-0.2, 0) is 4.79 Å². The van der Waals surface area contributed by atoms with Crippen molar-refractivity contribution >= 4 is 77.1 Å². The Labute approximate surface area is 217 Å². The second-order valence-corrected chi connectivity index (χ2v) is 10.6. The Morgan fingerprint density at radius 1 is 1.17 bits per heavy atom. The van der Waals surface area contributed by atoms with E-state index in [0.717, 1.165) is 10.2 Å². The maximum Gasteiger partial charge on any atom is 0.244 e. The Bertz CT molecular complexity index is 1490. The molecule has 2 heterocycles. The number of hydrogen-bond acceptors (Lipinski definition) is 7. The van der Waals surface area contributed by atoms with E-state index < -0.39 is 17.0 Å². The van der Waals surface area contributed by atoms with Crippen molar-refractivity contribution in [3.05, 3.63) is 87.7 Å². The first kappa shape index (κ1) is 23.5. The molecule has 5 rings (SSSR count). The number of nitrogens with zero attached hydrogens (tertiary/aromatic N) is 2. The topological polar surface area (TPSA) is 89.6 Å². The number of aromatic nitrogens is 1. The molecule has 0 unspecified atom stereocenters. The molecule has 3 aromatic carbocycles. The Balaban J connectivity index is 1.57. The highest BCUT2D eigenvalue weighted by molar-refractivity contribution is 9.10. The quantitative estimate of drug-likeness (QED) is 0.292. The number of aliphatic imine (C=N–C) groups is 1. The van der Waals surface area contributed by atoms with Crippen molar-refractivity contribution in [3.63, 3.8) is 0 Å². The summed E-state index contributed by atoms with van der Waals surface area (Å²) in [5, 5.41) is 3.04. The molecule has 1 atom stereocenters. The van der Waals surface area contributed by atoms with E-state index in [1.807, 2.05) is 48.5 Å². The lowest BCUT2D eigenvalue weighted by Gasteiger charge is -2.12. The third-order valence-electron chi connectivity index (χ3n) is 5.26. The van der Waals surface area contributed by atoms with Gasteiger partial charge in [0, 0.05) is 10.2 Å². The molecule has 176 valence electrons. The number of halogens is 2. The van der Waals surface area contributed by atoms with Crippen molar-refractivity contribution in [2.75, 3.05) is 12.4 Å². The molecule has 10 heteroatoms. The lowest BCUT2D eigenvalue weighted by atomic mass is 10.1. The molecule has 0 saturated heterocycles. The van der Waals surface area contributed by atoms with Crippen LogP contribution < -0.4 is 15.8 Å². The van der Waals surface area contributed by atoms with Crippen LogP contribution >= 0.6 is 39.0 Å². The highest BCUT2D eigenvalue weighted by Gasteiger charge is 2.37. The zero-order valence-corrected chi connectivity index (χ0v) is 21.5. The van der Waals surface area contributed by atoms with E-state index in [9.17, 15) is 9.18 Å². The predicted molar refractivity (Wildman–Crippen MR) is 145 cm³/mol. The van der Waals surface area contributed by atoms with Crippen LogP contribution in [-0.4, -0.2) is 28.3 Å². The van der Waals surface area contributed by atoms with Crippen LogP contribution in [0.2, 0.25) is 0 Å². The van der Waals surface area contributed by atoms with Crippen LogP contribution in [0.4, 0.5) is 15.8 Å². The Morgan fingerprint density at radius 3 is 2.71 bits per heavy atom. The Hall–Kier alpha value is -3.21. The number of fused-ring (bicyclic) bond motifs is 1. The van der Waals surface area contributed by atoms with Crippen LogP contribution in [0.15, 0.2) is 81.9 Å². The van der Waals surface area contributed by atoms with E-state index in [4.69, 9.17) is 20.4 Å². The molecule has 1 aliphatic rings. The van der Waals surface area contributed by atoms with Gasteiger partial charge in [0.05, 0.1) is 28.6 Å². The van der Waals surface area contributed by atoms with Gasteiger partial charge in [0.1, 0.15) is 32.6 Å². The Kier molecular flexibility index (Phi) is 6.59. The zero-order valence-electron chi connectivity index (χ0n) is 18.3. The van der Waals surface area contributed by atoms with Gasteiger partial charge in [-0.05, 0) is 42.5 Å². The number of anilines is 1. The minimum atomic E-state index is -0.812. The molecule has 0 fully saturated rings. The van der Waals surface area contributed by atoms with Gasteiger partial charge in [0.25, 0.3) is 0 Å². The van der Waals surface area contributed by atoms with Crippen molar-refractivity contribution in [1.29, 1.82) is 0 Å². The van der Waals surface area contributed by atoms with Gasteiger partial charge >= 0.3 is 0 Å². The number of thioether (sulfide) groups is 1. The maximum atomic E-state index is 14.4. The van der Waals surface area contributed by atoms with Crippen molar-refractivity contribution in [2.45, 2.75) is 5.25 Å². The smallest absolute Gasteiger partial charge is 0.244 e. The number of methoxy groups -OCH3 is 1. The number of nitrogens with one attached hydrogen (secondary N) is 1. The molecule has 4 aromatic rings. The highest BCUT2D eigenvalue weighted by atomic mass is 79.9. The summed E-state index contributed by atoms with van der Waals surface area (Å²) in [6, 6.07) is 19.5. The fourth-order valence-corrected chi connectivity index (χ4v) is 6.13. The highest BCUT2D eigenvalue weighted by Crippen LogP contribution is 2.43. The molecule has 0 saturated carbocycles.